The van der Waals surface area contributed by atoms with E-state index in [1.807, 2.05) is 0 Å². The number of morpholine rings is 1. The van der Waals surface area contributed by atoms with Crippen molar-refractivity contribution in [3.63, 3.8) is 0 Å². The van der Waals surface area contributed by atoms with E-state index in [1.54, 1.807) is 0 Å². The molecule has 2 aliphatic heterocycles. The van der Waals surface area contributed by atoms with E-state index in [-0.39, 0.29) is 5.60 Å². The zero-order valence-electron chi connectivity index (χ0n) is 13.8. The van der Waals surface area contributed by atoms with Crippen molar-refractivity contribution >= 4 is 0 Å². The predicted molar refractivity (Wildman–Crippen MR) is 84.6 cm³/mol. The van der Waals surface area contributed by atoms with Crippen LogP contribution in [0, 0.1) is 5.92 Å². The van der Waals surface area contributed by atoms with Gasteiger partial charge in [-0.3, -0.25) is 0 Å². The van der Waals surface area contributed by atoms with Crippen LogP contribution in [0.5, 0.6) is 0 Å². The highest BCUT2D eigenvalue weighted by molar-refractivity contribution is 4.99. The van der Waals surface area contributed by atoms with Gasteiger partial charge >= 0.3 is 0 Å². The molecule has 3 aliphatic rings. The van der Waals surface area contributed by atoms with Gasteiger partial charge in [-0.05, 0) is 58.0 Å². The van der Waals surface area contributed by atoms with Crippen LogP contribution in [0.15, 0.2) is 0 Å². The fraction of sp³-hybridized carbons (Fsp3) is 1.00. The lowest BCUT2D eigenvalue weighted by Gasteiger charge is -2.50. The third-order valence-corrected chi connectivity index (χ3v) is 5.63. The lowest BCUT2D eigenvalue weighted by Crippen LogP contribution is -2.58. The van der Waals surface area contributed by atoms with E-state index in [9.17, 15) is 0 Å². The molecule has 1 saturated carbocycles. The molecule has 0 amide bonds. The Balaban J connectivity index is 1.65. The van der Waals surface area contributed by atoms with E-state index in [0.717, 1.165) is 32.8 Å². The van der Waals surface area contributed by atoms with Crippen molar-refractivity contribution in [1.29, 1.82) is 0 Å². The summed E-state index contributed by atoms with van der Waals surface area (Å²) in [6.07, 6.45) is 7.85. The van der Waals surface area contributed by atoms with Gasteiger partial charge in [0, 0.05) is 25.7 Å². The Morgan fingerprint density at radius 3 is 2.86 bits per heavy atom. The van der Waals surface area contributed by atoms with Crippen molar-refractivity contribution < 1.29 is 9.47 Å². The SMILES string of the molecule is CCCNC(C1CCOC2(CCC2)C1)C1CN(C)CCO1. The molecular formula is C17H32N2O2. The second kappa shape index (κ2) is 6.95. The van der Waals surface area contributed by atoms with Gasteiger partial charge in [-0.15, -0.1) is 0 Å². The average molecular weight is 296 g/mol. The minimum absolute atomic E-state index is 0.232. The van der Waals surface area contributed by atoms with Crippen molar-refractivity contribution in [3.8, 4) is 0 Å². The van der Waals surface area contributed by atoms with E-state index < -0.39 is 0 Å². The van der Waals surface area contributed by atoms with Gasteiger partial charge in [0.2, 0.25) is 0 Å². The molecule has 0 bridgehead atoms. The molecule has 0 aromatic rings. The zero-order valence-corrected chi connectivity index (χ0v) is 13.8. The van der Waals surface area contributed by atoms with Gasteiger partial charge in [-0.25, -0.2) is 0 Å². The highest BCUT2D eigenvalue weighted by Crippen LogP contribution is 2.45. The number of nitrogens with zero attached hydrogens (tertiary/aromatic N) is 1. The molecule has 3 fully saturated rings. The number of hydrogen-bond donors (Lipinski definition) is 1. The fourth-order valence-electron chi connectivity index (χ4n) is 4.23. The lowest BCUT2D eigenvalue weighted by molar-refractivity contribution is -0.156. The summed E-state index contributed by atoms with van der Waals surface area (Å²) in [5.74, 6) is 0.710. The average Bonchev–Trinajstić information content (AvgIpc) is 2.46. The van der Waals surface area contributed by atoms with Gasteiger partial charge < -0.3 is 19.7 Å². The summed E-state index contributed by atoms with van der Waals surface area (Å²) >= 11 is 0. The second-order valence-corrected chi connectivity index (χ2v) is 7.29. The van der Waals surface area contributed by atoms with Crippen LogP contribution in [0.3, 0.4) is 0 Å². The Labute approximate surface area is 129 Å². The van der Waals surface area contributed by atoms with Crippen LogP contribution in [0.4, 0.5) is 0 Å². The number of rotatable bonds is 5. The smallest absolute Gasteiger partial charge is 0.0857 e. The molecule has 3 atom stereocenters. The first-order valence-corrected chi connectivity index (χ1v) is 8.90. The first-order chi connectivity index (χ1) is 10.2. The Morgan fingerprint density at radius 2 is 2.19 bits per heavy atom. The molecule has 1 N–H and O–H groups in total. The van der Waals surface area contributed by atoms with Crippen molar-refractivity contribution in [3.05, 3.63) is 0 Å². The quantitative estimate of drug-likeness (QED) is 0.842. The topological polar surface area (TPSA) is 33.7 Å². The minimum atomic E-state index is 0.232. The van der Waals surface area contributed by atoms with Gasteiger partial charge in [-0.1, -0.05) is 6.92 Å². The number of likely N-dealkylation sites (N-methyl/N-ethyl adjacent to an activating group) is 1. The molecule has 0 radical (unpaired) electrons. The molecule has 0 aromatic heterocycles. The molecule has 4 heteroatoms. The summed E-state index contributed by atoms with van der Waals surface area (Å²) in [6, 6.07) is 0.495. The number of ether oxygens (including phenoxy) is 2. The number of nitrogens with one attached hydrogen (secondary N) is 1. The van der Waals surface area contributed by atoms with Gasteiger partial charge in [0.25, 0.3) is 0 Å². The molecule has 3 rings (SSSR count). The molecule has 122 valence electrons. The molecule has 21 heavy (non-hydrogen) atoms. The van der Waals surface area contributed by atoms with Crippen LogP contribution in [0.25, 0.3) is 0 Å². The molecule has 3 unspecified atom stereocenters. The van der Waals surface area contributed by atoms with Crippen LogP contribution < -0.4 is 5.32 Å². The molecule has 1 spiro atoms. The van der Waals surface area contributed by atoms with E-state index in [0.29, 0.717) is 18.1 Å². The molecule has 2 heterocycles. The van der Waals surface area contributed by atoms with Crippen molar-refractivity contribution in [2.75, 3.05) is 39.9 Å². The standard InChI is InChI=1S/C17H32N2O2/c1-3-8-18-16(15-13-19(2)9-11-20-15)14-5-10-21-17(12-14)6-4-7-17/h14-16,18H,3-13H2,1-2H3. The maximum Gasteiger partial charge on any atom is 0.0857 e. The van der Waals surface area contributed by atoms with Crippen LogP contribution in [-0.4, -0.2) is 62.5 Å². The molecular weight excluding hydrogens is 264 g/mol. The van der Waals surface area contributed by atoms with E-state index in [1.165, 1.54) is 38.5 Å². The van der Waals surface area contributed by atoms with E-state index >= 15 is 0 Å². The minimum Gasteiger partial charge on any atom is -0.375 e. The first kappa shape index (κ1) is 15.7. The monoisotopic (exact) mass is 296 g/mol. The Bertz CT molecular complexity index is 333. The van der Waals surface area contributed by atoms with E-state index in [4.69, 9.17) is 9.47 Å². The largest absolute Gasteiger partial charge is 0.375 e. The van der Waals surface area contributed by atoms with Crippen molar-refractivity contribution in [2.45, 2.75) is 63.2 Å². The molecule has 4 nitrogen and oxygen atoms in total. The Hall–Kier alpha value is -0.160. The van der Waals surface area contributed by atoms with Gasteiger partial charge in [0.1, 0.15) is 0 Å². The second-order valence-electron chi connectivity index (χ2n) is 7.29. The van der Waals surface area contributed by atoms with E-state index in [2.05, 4.69) is 24.2 Å². The van der Waals surface area contributed by atoms with Crippen LogP contribution in [0.1, 0.15) is 45.4 Å². The lowest BCUT2D eigenvalue weighted by atomic mass is 9.69. The van der Waals surface area contributed by atoms with Crippen LogP contribution in [-0.2, 0) is 9.47 Å². The Kier molecular flexibility index (Phi) is 5.20. The molecule has 1 aliphatic carbocycles. The predicted octanol–water partition coefficient (Wildman–Crippen LogP) is 2.03. The fourth-order valence-corrected chi connectivity index (χ4v) is 4.23. The van der Waals surface area contributed by atoms with Crippen molar-refractivity contribution in [1.82, 2.24) is 10.2 Å². The maximum atomic E-state index is 6.14. The Morgan fingerprint density at radius 1 is 1.33 bits per heavy atom. The molecule has 2 saturated heterocycles. The van der Waals surface area contributed by atoms with Gasteiger partial charge in [0.15, 0.2) is 0 Å². The number of hydrogen-bond acceptors (Lipinski definition) is 4. The summed E-state index contributed by atoms with van der Waals surface area (Å²) in [5.41, 5.74) is 0.232. The summed E-state index contributed by atoms with van der Waals surface area (Å²) in [4.78, 5) is 2.41. The first-order valence-electron chi connectivity index (χ1n) is 8.90. The summed E-state index contributed by atoms with van der Waals surface area (Å²) in [7, 11) is 2.21. The van der Waals surface area contributed by atoms with Crippen LogP contribution in [0.2, 0.25) is 0 Å². The highest BCUT2D eigenvalue weighted by atomic mass is 16.5. The zero-order chi connectivity index (χ0) is 14.7. The summed E-state index contributed by atoms with van der Waals surface area (Å²) < 4.78 is 12.3. The molecule has 0 aromatic carbocycles. The third kappa shape index (κ3) is 3.61. The van der Waals surface area contributed by atoms with Gasteiger partial charge in [-0.2, -0.15) is 0 Å². The highest BCUT2D eigenvalue weighted by Gasteiger charge is 2.45. The summed E-state index contributed by atoms with van der Waals surface area (Å²) in [6.45, 7) is 7.28. The van der Waals surface area contributed by atoms with Gasteiger partial charge in [0.05, 0.1) is 18.3 Å². The summed E-state index contributed by atoms with van der Waals surface area (Å²) in [5, 5.41) is 3.81. The van der Waals surface area contributed by atoms with Crippen molar-refractivity contribution in [2.24, 2.45) is 5.92 Å². The normalized spacial score (nSPS) is 34.6. The third-order valence-electron chi connectivity index (χ3n) is 5.63. The van der Waals surface area contributed by atoms with Crippen LogP contribution >= 0.6 is 0 Å². The maximum absolute atomic E-state index is 6.14.